The van der Waals surface area contributed by atoms with Gasteiger partial charge in [0.1, 0.15) is 11.5 Å². The van der Waals surface area contributed by atoms with E-state index in [1.54, 1.807) is 42.5 Å². The molecule has 2 heterocycles. The van der Waals surface area contributed by atoms with Gasteiger partial charge in [-0.05, 0) is 64.7 Å². The van der Waals surface area contributed by atoms with E-state index >= 15 is 0 Å². The van der Waals surface area contributed by atoms with E-state index in [9.17, 15) is 19.7 Å². The van der Waals surface area contributed by atoms with Gasteiger partial charge in [0.05, 0.1) is 17.6 Å². The Morgan fingerprint density at radius 2 is 1.90 bits per heavy atom. The van der Waals surface area contributed by atoms with E-state index in [0.717, 1.165) is 30.4 Å². The third kappa shape index (κ3) is 4.99. The second-order valence-corrected chi connectivity index (χ2v) is 10.2. The summed E-state index contributed by atoms with van der Waals surface area (Å²) in [6.45, 7) is 5.67. The topological polar surface area (TPSA) is 102 Å². The minimum atomic E-state index is -0.463. The molecule has 1 fully saturated rings. The first-order chi connectivity index (χ1) is 18.8. The highest BCUT2D eigenvalue weighted by atomic mass is 79.9. The summed E-state index contributed by atoms with van der Waals surface area (Å²) in [5, 5.41) is 11.4. The quantitative estimate of drug-likeness (QED) is 0.173. The summed E-state index contributed by atoms with van der Waals surface area (Å²) in [6, 6.07) is 13.9. The van der Waals surface area contributed by atoms with Crippen molar-refractivity contribution in [1.82, 2.24) is 4.90 Å². The number of anilines is 1. The van der Waals surface area contributed by atoms with Gasteiger partial charge >= 0.3 is 5.69 Å². The number of amides is 1. The second kappa shape index (κ2) is 10.9. The molecule has 3 aromatic carbocycles. The predicted molar refractivity (Wildman–Crippen MR) is 151 cm³/mol. The molecule has 0 unspecified atom stereocenters. The highest BCUT2D eigenvalue weighted by Crippen LogP contribution is 2.38. The summed E-state index contributed by atoms with van der Waals surface area (Å²) >= 11 is 3.37. The number of piperidine rings is 1. The Labute approximate surface area is 233 Å². The second-order valence-electron chi connectivity index (χ2n) is 9.39. The Hall–Kier alpha value is -4.18. The molecule has 1 saturated heterocycles. The maximum atomic E-state index is 13.3. The number of nitro benzene ring substituents is 1. The number of carbonyl (C=O) groups is 2. The number of fused-ring (bicyclic) bond motifs is 1. The number of benzene rings is 3. The fraction of sp³-hybridized carbons (Fsp3) is 0.241. The number of ether oxygens (including phenoxy) is 2. The van der Waals surface area contributed by atoms with Crippen LogP contribution in [0.4, 0.5) is 11.4 Å². The van der Waals surface area contributed by atoms with Crippen LogP contribution in [-0.2, 0) is 6.54 Å². The van der Waals surface area contributed by atoms with E-state index in [1.165, 1.54) is 13.2 Å². The lowest BCUT2D eigenvalue weighted by atomic mass is 10.0. The zero-order valence-electron chi connectivity index (χ0n) is 21.3. The fourth-order valence-corrected chi connectivity index (χ4v) is 5.70. The molecule has 39 heavy (non-hydrogen) atoms. The highest BCUT2D eigenvalue weighted by molar-refractivity contribution is 9.10. The van der Waals surface area contributed by atoms with Crippen LogP contribution < -0.4 is 14.4 Å². The smallest absolute Gasteiger partial charge is 0.311 e. The molecule has 9 nitrogen and oxygen atoms in total. The minimum Gasteiger partial charge on any atom is -0.490 e. The summed E-state index contributed by atoms with van der Waals surface area (Å²) in [5.41, 5.74) is 3.36. The summed E-state index contributed by atoms with van der Waals surface area (Å²) in [4.78, 5) is 39.8. The van der Waals surface area contributed by atoms with Crippen LogP contribution in [0.3, 0.4) is 0 Å². The summed E-state index contributed by atoms with van der Waals surface area (Å²) in [7, 11) is 1.42. The van der Waals surface area contributed by atoms with Crippen molar-refractivity contribution >= 4 is 45.6 Å². The number of carbonyl (C=O) groups excluding carboxylic acids is 2. The molecule has 0 bridgehead atoms. The lowest BCUT2D eigenvalue weighted by Gasteiger charge is -2.38. The Balaban J connectivity index is 1.29. The zero-order valence-corrected chi connectivity index (χ0v) is 22.8. The Morgan fingerprint density at radius 3 is 2.56 bits per heavy atom. The van der Waals surface area contributed by atoms with Crippen LogP contribution in [0.2, 0.25) is 0 Å². The zero-order chi connectivity index (χ0) is 27.7. The van der Waals surface area contributed by atoms with Crippen molar-refractivity contribution in [2.24, 2.45) is 0 Å². The van der Waals surface area contributed by atoms with E-state index in [2.05, 4.69) is 27.4 Å². The number of nitro groups is 1. The largest absolute Gasteiger partial charge is 0.490 e. The summed E-state index contributed by atoms with van der Waals surface area (Å²) in [6.07, 6.45) is 3.86. The lowest BCUT2D eigenvalue weighted by Crippen LogP contribution is -2.45. The van der Waals surface area contributed by atoms with Crippen LogP contribution in [0.1, 0.15) is 44.7 Å². The van der Waals surface area contributed by atoms with E-state index in [4.69, 9.17) is 9.47 Å². The molecular weight excluding hydrogens is 566 g/mol. The SMILES string of the molecule is C=Cc1cc([N+](=O)[O-])c(OC)cc1N1CCC(N2Cc3cc(Oc4cccc(Br)c4C=O)ccc3C2=O)CC1. The van der Waals surface area contributed by atoms with Gasteiger partial charge in [0, 0.05) is 59.1 Å². The van der Waals surface area contributed by atoms with Crippen LogP contribution in [0, 0.1) is 10.1 Å². The lowest BCUT2D eigenvalue weighted by molar-refractivity contribution is -0.385. The maximum absolute atomic E-state index is 13.3. The van der Waals surface area contributed by atoms with Crippen molar-refractivity contribution in [2.75, 3.05) is 25.1 Å². The van der Waals surface area contributed by atoms with Crippen molar-refractivity contribution in [3.8, 4) is 17.2 Å². The number of halogens is 1. The normalized spacial score (nSPS) is 15.2. The standard InChI is InChI=1S/C29H26BrN3O6/c1-3-18-14-26(33(36)37)28(38-2)15-25(18)31-11-9-20(10-12-31)32-16-19-13-21(7-8-22(19)29(32)35)39-27-6-4-5-24(30)23(27)17-34/h3-8,13-15,17,20H,1,9-12,16H2,2H3. The molecule has 3 aromatic rings. The van der Waals surface area contributed by atoms with Gasteiger partial charge in [-0.1, -0.05) is 18.7 Å². The van der Waals surface area contributed by atoms with E-state index in [-0.39, 0.29) is 23.4 Å². The van der Waals surface area contributed by atoms with Gasteiger partial charge in [-0.15, -0.1) is 0 Å². The average molecular weight is 592 g/mol. The van der Waals surface area contributed by atoms with Crippen LogP contribution >= 0.6 is 15.9 Å². The molecule has 0 radical (unpaired) electrons. The van der Waals surface area contributed by atoms with Gasteiger partial charge in [0.25, 0.3) is 5.91 Å². The Bertz CT molecular complexity index is 1480. The number of methoxy groups -OCH3 is 1. The average Bonchev–Trinajstić information content (AvgIpc) is 3.27. The number of hydrogen-bond donors (Lipinski definition) is 0. The van der Waals surface area contributed by atoms with Crippen LogP contribution in [0.5, 0.6) is 17.2 Å². The minimum absolute atomic E-state index is 0.00479. The first kappa shape index (κ1) is 26.4. The molecule has 0 atom stereocenters. The Morgan fingerprint density at radius 1 is 1.13 bits per heavy atom. The van der Waals surface area contributed by atoms with Crippen LogP contribution in [0.25, 0.3) is 6.08 Å². The predicted octanol–water partition coefficient (Wildman–Crippen LogP) is 6.24. The number of hydrogen-bond acceptors (Lipinski definition) is 7. The molecule has 2 aliphatic heterocycles. The van der Waals surface area contributed by atoms with Gasteiger partial charge in [-0.2, -0.15) is 0 Å². The molecule has 0 N–H and O–H groups in total. The molecule has 5 rings (SSSR count). The fourth-order valence-electron chi connectivity index (χ4n) is 5.26. The van der Waals surface area contributed by atoms with Crippen molar-refractivity contribution < 1.29 is 24.0 Å². The number of rotatable bonds is 8. The Kier molecular flexibility index (Phi) is 7.38. The van der Waals surface area contributed by atoms with Gasteiger partial charge in [0.2, 0.25) is 0 Å². The van der Waals surface area contributed by atoms with Crippen molar-refractivity contribution in [3.05, 3.63) is 92.0 Å². The third-order valence-electron chi connectivity index (χ3n) is 7.26. The maximum Gasteiger partial charge on any atom is 0.311 e. The monoisotopic (exact) mass is 591 g/mol. The van der Waals surface area contributed by atoms with Gasteiger partial charge in [0.15, 0.2) is 12.0 Å². The van der Waals surface area contributed by atoms with Gasteiger partial charge < -0.3 is 19.3 Å². The van der Waals surface area contributed by atoms with Crippen molar-refractivity contribution in [1.29, 1.82) is 0 Å². The number of nitrogens with zero attached hydrogens (tertiary/aromatic N) is 3. The van der Waals surface area contributed by atoms with Crippen molar-refractivity contribution in [2.45, 2.75) is 25.4 Å². The number of aldehydes is 1. The molecule has 200 valence electrons. The molecule has 0 saturated carbocycles. The summed E-state index contributed by atoms with van der Waals surface area (Å²) in [5.74, 6) is 1.20. The molecular formula is C29H26BrN3O6. The molecule has 2 aliphatic rings. The van der Waals surface area contributed by atoms with Crippen LogP contribution in [-0.4, -0.2) is 48.3 Å². The van der Waals surface area contributed by atoms with Crippen molar-refractivity contribution in [3.63, 3.8) is 0 Å². The molecule has 10 heteroatoms. The van der Waals surface area contributed by atoms with E-state index in [1.807, 2.05) is 11.0 Å². The molecule has 0 spiro atoms. The molecule has 0 aliphatic carbocycles. The van der Waals surface area contributed by atoms with E-state index in [0.29, 0.717) is 52.3 Å². The molecule has 1 amide bonds. The molecule has 0 aromatic heterocycles. The van der Waals surface area contributed by atoms with Crippen LogP contribution in [0.15, 0.2) is 59.6 Å². The summed E-state index contributed by atoms with van der Waals surface area (Å²) < 4.78 is 11.9. The third-order valence-corrected chi connectivity index (χ3v) is 7.95. The highest BCUT2D eigenvalue weighted by Gasteiger charge is 2.35. The van der Waals surface area contributed by atoms with Gasteiger partial charge in [-0.25, -0.2) is 0 Å². The first-order valence-corrected chi connectivity index (χ1v) is 13.2. The van der Waals surface area contributed by atoms with Gasteiger partial charge in [-0.3, -0.25) is 19.7 Å². The first-order valence-electron chi connectivity index (χ1n) is 12.4. The van der Waals surface area contributed by atoms with E-state index < -0.39 is 4.92 Å².